The Bertz CT molecular complexity index is 635. The first-order valence-corrected chi connectivity index (χ1v) is 5.59. The van der Waals surface area contributed by atoms with Gasteiger partial charge in [0.1, 0.15) is 11.3 Å². The fraction of sp³-hybridized carbons (Fsp3) is 0.154. The lowest BCUT2D eigenvalue weighted by Crippen LogP contribution is -2.03. The predicted molar refractivity (Wildman–Crippen MR) is 69.2 cm³/mol. The van der Waals surface area contributed by atoms with Gasteiger partial charge < -0.3 is 19.7 Å². The van der Waals surface area contributed by atoms with Crippen LogP contribution in [0.4, 0.5) is 0 Å². The van der Waals surface area contributed by atoms with E-state index >= 15 is 0 Å². The number of aromatic carboxylic acids is 1. The summed E-state index contributed by atoms with van der Waals surface area (Å²) in [7, 11) is 2.85. The van der Waals surface area contributed by atoms with Crippen LogP contribution < -0.4 is 9.47 Å². The molecule has 0 radical (unpaired) electrons. The van der Waals surface area contributed by atoms with Crippen LogP contribution >= 0.6 is 0 Å². The van der Waals surface area contributed by atoms with Gasteiger partial charge in [0, 0.05) is 5.56 Å². The van der Waals surface area contributed by atoms with E-state index in [1.54, 1.807) is 0 Å². The van der Waals surface area contributed by atoms with Crippen molar-refractivity contribution in [3.63, 3.8) is 0 Å². The van der Waals surface area contributed by atoms with Gasteiger partial charge in [-0.2, -0.15) is 9.97 Å². The number of hydrogen-bond donors (Lipinski definition) is 2. The molecule has 0 bridgehead atoms. The van der Waals surface area contributed by atoms with Crippen molar-refractivity contribution in [2.24, 2.45) is 0 Å². The van der Waals surface area contributed by atoms with E-state index in [-0.39, 0.29) is 34.5 Å². The second-order valence-corrected chi connectivity index (χ2v) is 3.78. The number of carboxylic acids is 1. The van der Waals surface area contributed by atoms with E-state index in [1.807, 2.05) is 0 Å². The molecule has 0 unspecified atom stereocenters. The lowest BCUT2D eigenvalue weighted by Gasteiger charge is -2.09. The van der Waals surface area contributed by atoms with E-state index in [4.69, 9.17) is 9.47 Å². The molecule has 7 heteroatoms. The summed E-state index contributed by atoms with van der Waals surface area (Å²) >= 11 is 0. The number of carbonyl (C=O) groups is 1. The first kappa shape index (κ1) is 13.6. The Balaban J connectivity index is 2.68. The summed E-state index contributed by atoms with van der Waals surface area (Å²) in [5.41, 5.74) is -0.0995. The van der Waals surface area contributed by atoms with Crippen molar-refractivity contribution < 1.29 is 24.5 Å². The molecule has 0 atom stereocenters. The third-order valence-corrected chi connectivity index (χ3v) is 2.59. The average molecular weight is 276 g/mol. The van der Waals surface area contributed by atoms with Gasteiger partial charge in [-0.15, -0.1) is 0 Å². The van der Waals surface area contributed by atoms with E-state index in [0.29, 0.717) is 0 Å². The highest BCUT2D eigenvalue weighted by atomic mass is 16.5. The fourth-order valence-corrected chi connectivity index (χ4v) is 1.68. The summed E-state index contributed by atoms with van der Waals surface area (Å²) in [5, 5.41) is 18.9. The van der Waals surface area contributed by atoms with Crippen LogP contribution in [0.25, 0.3) is 11.4 Å². The summed E-state index contributed by atoms with van der Waals surface area (Å²) in [6.45, 7) is 0. The molecule has 1 aromatic heterocycles. The highest BCUT2D eigenvalue weighted by molar-refractivity contribution is 5.97. The largest absolute Gasteiger partial charge is 0.507 e. The Hall–Kier alpha value is -2.83. The zero-order valence-corrected chi connectivity index (χ0v) is 10.8. The maximum absolute atomic E-state index is 11.2. The number of carboxylic acid groups (broad SMARTS) is 1. The van der Waals surface area contributed by atoms with Gasteiger partial charge in [-0.25, -0.2) is 4.79 Å². The molecular weight excluding hydrogens is 264 g/mol. The summed E-state index contributed by atoms with van der Waals surface area (Å²) < 4.78 is 10.0. The van der Waals surface area contributed by atoms with E-state index in [2.05, 4.69) is 9.97 Å². The monoisotopic (exact) mass is 276 g/mol. The van der Waals surface area contributed by atoms with Crippen LogP contribution in [0, 0.1) is 0 Å². The number of nitrogens with zero attached hydrogens (tertiary/aromatic N) is 2. The normalized spacial score (nSPS) is 10.1. The van der Waals surface area contributed by atoms with Crippen LogP contribution in [0.1, 0.15) is 10.4 Å². The standard InChI is InChI=1S/C13H12N2O5/c1-19-9-6-10(20-2)15-12(14-9)7-4-3-5-8(16)11(7)13(17)18/h3-6,16H,1-2H3,(H,17,18). The lowest BCUT2D eigenvalue weighted by atomic mass is 10.1. The van der Waals surface area contributed by atoms with Gasteiger partial charge in [-0.3, -0.25) is 0 Å². The minimum absolute atomic E-state index is 0.0921. The number of phenols is 1. The van der Waals surface area contributed by atoms with Crippen LogP contribution in [-0.2, 0) is 0 Å². The Morgan fingerprint density at radius 3 is 2.25 bits per heavy atom. The lowest BCUT2D eigenvalue weighted by molar-refractivity contribution is 0.0694. The van der Waals surface area contributed by atoms with Crippen LogP contribution in [0.15, 0.2) is 24.3 Å². The molecule has 0 spiro atoms. The van der Waals surface area contributed by atoms with Gasteiger partial charge in [-0.1, -0.05) is 12.1 Å². The quantitative estimate of drug-likeness (QED) is 0.873. The SMILES string of the molecule is COc1cc(OC)nc(-c2cccc(O)c2C(=O)O)n1. The number of aromatic nitrogens is 2. The Morgan fingerprint density at radius 2 is 1.75 bits per heavy atom. The van der Waals surface area contributed by atoms with Crippen molar-refractivity contribution in [2.45, 2.75) is 0 Å². The zero-order chi connectivity index (χ0) is 14.7. The molecule has 1 heterocycles. The third-order valence-electron chi connectivity index (χ3n) is 2.59. The number of hydrogen-bond acceptors (Lipinski definition) is 6. The van der Waals surface area contributed by atoms with Gasteiger partial charge in [-0.05, 0) is 6.07 Å². The van der Waals surface area contributed by atoms with Crippen LogP contribution in [0.5, 0.6) is 17.5 Å². The highest BCUT2D eigenvalue weighted by Crippen LogP contribution is 2.30. The molecule has 0 amide bonds. The summed E-state index contributed by atoms with van der Waals surface area (Å²) in [4.78, 5) is 19.4. The minimum Gasteiger partial charge on any atom is -0.507 e. The molecule has 0 aliphatic carbocycles. The molecule has 20 heavy (non-hydrogen) atoms. The van der Waals surface area contributed by atoms with Crippen LogP contribution in [0.3, 0.4) is 0 Å². The highest BCUT2D eigenvalue weighted by Gasteiger charge is 2.19. The minimum atomic E-state index is -1.27. The summed E-state index contributed by atoms with van der Waals surface area (Å²) in [5.74, 6) is -1.09. The van der Waals surface area contributed by atoms with Gasteiger partial charge in [0.15, 0.2) is 5.82 Å². The summed E-state index contributed by atoms with van der Waals surface area (Å²) in [6, 6.07) is 5.75. The van der Waals surface area contributed by atoms with Crippen molar-refractivity contribution in [3.8, 4) is 28.9 Å². The molecule has 0 saturated heterocycles. The van der Waals surface area contributed by atoms with E-state index in [0.717, 1.165) is 0 Å². The molecule has 7 nitrogen and oxygen atoms in total. The second kappa shape index (κ2) is 5.43. The van der Waals surface area contributed by atoms with Crippen molar-refractivity contribution in [3.05, 3.63) is 29.8 Å². The maximum Gasteiger partial charge on any atom is 0.340 e. The Kier molecular flexibility index (Phi) is 3.69. The van der Waals surface area contributed by atoms with Gasteiger partial charge in [0.05, 0.1) is 20.3 Å². The molecule has 2 N–H and O–H groups in total. The van der Waals surface area contributed by atoms with Gasteiger partial charge in [0.25, 0.3) is 0 Å². The molecule has 0 aliphatic rings. The molecule has 104 valence electrons. The predicted octanol–water partition coefficient (Wildman–Crippen LogP) is 1.56. The zero-order valence-electron chi connectivity index (χ0n) is 10.8. The molecule has 2 rings (SSSR count). The number of rotatable bonds is 4. The van der Waals surface area contributed by atoms with Crippen LogP contribution in [0.2, 0.25) is 0 Å². The van der Waals surface area contributed by atoms with Crippen molar-refractivity contribution in [1.29, 1.82) is 0 Å². The maximum atomic E-state index is 11.2. The molecule has 2 aromatic rings. The molecular formula is C13H12N2O5. The molecule has 0 aliphatic heterocycles. The first-order chi connectivity index (χ1) is 9.56. The van der Waals surface area contributed by atoms with Crippen LogP contribution in [-0.4, -0.2) is 40.4 Å². The number of methoxy groups -OCH3 is 2. The fourth-order valence-electron chi connectivity index (χ4n) is 1.68. The third kappa shape index (κ3) is 2.46. The number of ether oxygens (including phenoxy) is 2. The number of benzene rings is 1. The van der Waals surface area contributed by atoms with Crippen molar-refractivity contribution in [2.75, 3.05) is 14.2 Å². The second-order valence-electron chi connectivity index (χ2n) is 3.78. The topological polar surface area (TPSA) is 102 Å². The Morgan fingerprint density at radius 1 is 1.15 bits per heavy atom. The summed E-state index contributed by atoms with van der Waals surface area (Å²) in [6.07, 6.45) is 0. The Labute approximate surface area is 114 Å². The van der Waals surface area contributed by atoms with Gasteiger partial charge >= 0.3 is 5.97 Å². The molecule has 0 saturated carbocycles. The molecule has 0 fully saturated rings. The first-order valence-electron chi connectivity index (χ1n) is 5.59. The molecule has 1 aromatic carbocycles. The van der Waals surface area contributed by atoms with E-state index in [1.165, 1.54) is 38.5 Å². The van der Waals surface area contributed by atoms with E-state index < -0.39 is 5.97 Å². The van der Waals surface area contributed by atoms with Crippen molar-refractivity contribution >= 4 is 5.97 Å². The smallest absolute Gasteiger partial charge is 0.340 e. The van der Waals surface area contributed by atoms with Gasteiger partial charge in [0.2, 0.25) is 11.8 Å². The van der Waals surface area contributed by atoms with Crippen molar-refractivity contribution in [1.82, 2.24) is 9.97 Å². The average Bonchev–Trinajstić information content (AvgIpc) is 2.45. The number of aromatic hydroxyl groups is 1. The van der Waals surface area contributed by atoms with E-state index in [9.17, 15) is 15.0 Å².